The Morgan fingerprint density at radius 3 is 2.93 bits per heavy atom. The van der Waals surface area contributed by atoms with Gasteiger partial charge in [-0.25, -0.2) is 4.98 Å². The highest BCUT2D eigenvalue weighted by molar-refractivity contribution is 5.37. The van der Waals surface area contributed by atoms with Gasteiger partial charge in [-0.1, -0.05) is 5.16 Å². The third kappa shape index (κ3) is 2.43. The molecule has 2 aromatic heterocycles. The summed E-state index contributed by atoms with van der Waals surface area (Å²) in [5.41, 5.74) is 0. The summed E-state index contributed by atoms with van der Waals surface area (Å²) in [4.78, 5) is 8.00. The van der Waals surface area contributed by atoms with Gasteiger partial charge in [0, 0.05) is 0 Å². The molecule has 0 saturated heterocycles. The summed E-state index contributed by atoms with van der Waals surface area (Å²) in [5, 5.41) is 6.71. The number of pyridine rings is 1. The van der Waals surface area contributed by atoms with Crippen molar-refractivity contribution in [2.24, 2.45) is 0 Å². The first-order valence-corrected chi connectivity index (χ1v) is 4.37. The van der Waals surface area contributed by atoms with Crippen molar-refractivity contribution >= 4 is 5.82 Å². The van der Waals surface area contributed by atoms with Gasteiger partial charge in [-0.15, -0.1) is 0 Å². The van der Waals surface area contributed by atoms with Crippen LogP contribution in [-0.2, 0) is 6.54 Å². The van der Waals surface area contributed by atoms with Crippen molar-refractivity contribution in [3.8, 4) is 5.75 Å². The maximum atomic E-state index is 4.99. The van der Waals surface area contributed by atoms with Gasteiger partial charge >= 0.3 is 0 Å². The smallest absolute Gasteiger partial charge is 0.213 e. The minimum atomic E-state index is 0.482. The zero-order chi connectivity index (χ0) is 10.5. The molecule has 0 spiro atoms. The SMILES string of the molecule is COc1ccc(NCc2ncon2)nc1. The molecule has 0 unspecified atom stereocenters. The van der Waals surface area contributed by atoms with Gasteiger partial charge in [0.15, 0.2) is 5.82 Å². The van der Waals surface area contributed by atoms with E-state index in [1.807, 2.05) is 12.1 Å². The minimum absolute atomic E-state index is 0.482. The molecule has 6 nitrogen and oxygen atoms in total. The van der Waals surface area contributed by atoms with Gasteiger partial charge in [-0.2, -0.15) is 4.98 Å². The second-order valence-electron chi connectivity index (χ2n) is 2.78. The number of hydrogen-bond acceptors (Lipinski definition) is 6. The number of anilines is 1. The van der Waals surface area contributed by atoms with Crippen molar-refractivity contribution in [3.63, 3.8) is 0 Å². The summed E-state index contributed by atoms with van der Waals surface area (Å²) in [5.74, 6) is 2.05. The van der Waals surface area contributed by atoms with E-state index in [-0.39, 0.29) is 0 Å². The molecule has 0 atom stereocenters. The first-order chi connectivity index (χ1) is 7.38. The molecule has 15 heavy (non-hydrogen) atoms. The maximum absolute atomic E-state index is 4.99. The fourth-order valence-electron chi connectivity index (χ4n) is 1.05. The Morgan fingerprint density at radius 1 is 1.40 bits per heavy atom. The number of nitrogens with one attached hydrogen (secondary N) is 1. The summed E-state index contributed by atoms with van der Waals surface area (Å²) in [7, 11) is 1.60. The number of nitrogens with zero attached hydrogens (tertiary/aromatic N) is 3. The molecule has 2 heterocycles. The Morgan fingerprint density at radius 2 is 2.33 bits per heavy atom. The molecule has 78 valence electrons. The third-order valence-electron chi connectivity index (χ3n) is 1.81. The lowest BCUT2D eigenvalue weighted by Crippen LogP contribution is -2.02. The summed E-state index contributed by atoms with van der Waals surface area (Å²) < 4.78 is 9.59. The average molecular weight is 206 g/mol. The van der Waals surface area contributed by atoms with Crippen molar-refractivity contribution < 1.29 is 9.26 Å². The van der Waals surface area contributed by atoms with Gasteiger partial charge in [-0.05, 0) is 12.1 Å². The lowest BCUT2D eigenvalue weighted by Gasteiger charge is -2.03. The fraction of sp³-hybridized carbons (Fsp3) is 0.222. The predicted molar refractivity (Wildman–Crippen MR) is 52.4 cm³/mol. The highest BCUT2D eigenvalue weighted by Gasteiger charge is 1.99. The second kappa shape index (κ2) is 4.41. The summed E-state index contributed by atoms with van der Waals surface area (Å²) in [6.45, 7) is 0.482. The Labute approximate surface area is 86.3 Å². The second-order valence-corrected chi connectivity index (χ2v) is 2.78. The predicted octanol–water partition coefficient (Wildman–Crippen LogP) is 1.09. The van der Waals surface area contributed by atoms with E-state index in [4.69, 9.17) is 4.74 Å². The van der Waals surface area contributed by atoms with E-state index < -0.39 is 0 Å². The molecule has 2 aromatic rings. The number of hydrogen-bond donors (Lipinski definition) is 1. The van der Waals surface area contributed by atoms with Crippen LogP contribution in [0, 0.1) is 0 Å². The van der Waals surface area contributed by atoms with Crippen molar-refractivity contribution in [2.75, 3.05) is 12.4 Å². The van der Waals surface area contributed by atoms with Crippen LogP contribution in [0.5, 0.6) is 5.75 Å². The van der Waals surface area contributed by atoms with E-state index in [9.17, 15) is 0 Å². The van der Waals surface area contributed by atoms with Crippen LogP contribution in [0.1, 0.15) is 5.82 Å². The number of rotatable bonds is 4. The molecule has 1 N–H and O–H groups in total. The highest BCUT2D eigenvalue weighted by Crippen LogP contribution is 2.11. The maximum Gasteiger partial charge on any atom is 0.213 e. The summed E-state index contributed by atoms with van der Waals surface area (Å²) >= 11 is 0. The van der Waals surface area contributed by atoms with E-state index in [2.05, 4.69) is 25.0 Å². The standard InChI is InChI=1S/C9H10N4O2/c1-14-7-2-3-8(10-4-7)11-5-9-12-6-15-13-9/h2-4,6H,5H2,1H3,(H,10,11). The summed E-state index contributed by atoms with van der Waals surface area (Å²) in [6.07, 6.45) is 2.93. The monoisotopic (exact) mass is 206 g/mol. The molecular weight excluding hydrogens is 196 g/mol. The molecule has 6 heteroatoms. The average Bonchev–Trinajstić information content (AvgIpc) is 2.80. The zero-order valence-electron chi connectivity index (χ0n) is 8.17. The molecular formula is C9H10N4O2. The normalized spacial score (nSPS) is 9.93. The number of ether oxygens (including phenoxy) is 1. The van der Waals surface area contributed by atoms with Crippen molar-refractivity contribution in [2.45, 2.75) is 6.54 Å². The topological polar surface area (TPSA) is 73.1 Å². The molecule has 0 aliphatic rings. The van der Waals surface area contributed by atoms with Gasteiger partial charge in [0.25, 0.3) is 0 Å². The van der Waals surface area contributed by atoms with Crippen molar-refractivity contribution in [1.82, 2.24) is 15.1 Å². The Hall–Kier alpha value is -2.11. The van der Waals surface area contributed by atoms with E-state index in [1.165, 1.54) is 6.39 Å². The van der Waals surface area contributed by atoms with E-state index in [0.717, 1.165) is 11.6 Å². The van der Waals surface area contributed by atoms with Gasteiger partial charge in [0.2, 0.25) is 6.39 Å². The van der Waals surface area contributed by atoms with Crippen LogP contribution in [0.2, 0.25) is 0 Å². The molecule has 2 rings (SSSR count). The lowest BCUT2D eigenvalue weighted by molar-refractivity contribution is 0.410. The van der Waals surface area contributed by atoms with Gasteiger partial charge in [-0.3, -0.25) is 0 Å². The zero-order valence-corrected chi connectivity index (χ0v) is 8.17. The van der Waals surface area contributed by atoms with Crippen LogP contribution in [0.3, 0.4) is 0 Å². The Bertz CT molecular complexity index is 399. The van der Waals surface area contributed by atoms with Crippen LogP contribution in [0.15, 0.2) is 29.2 Å². The molecule has 0 aliphatic heterocycles. The largest absolute Gasteiger partial charge is 0.495 e. The minimum Gasteiger partial charge on any atom is -0.495 e. The third-order valence-corrected chi connectivity index (χ3v) is 1.81. The highest BCUT2D eigenvalue weighted by atomic mass is 16.5. The van der Waals surface area contributed by atoms with E-state index in [1.54, 1.807) is 13.3 Å². The molecule has 0 aromatic carbocycles. The molecule has 0 aliphatic carbocycles. The van der Waals surface area contributed by atoms with E-state index >= 15 is 0 Å². The molecule has 0 bridgehead atoms. The van der Waals surface area contributed by atoms with Crippen molar-refractivity contribution in [3.05, 3.63) is 30.5 Å². The molecule has 0 amide bonds. The Kier molecular flexibility index (Phi) is 2.77. The molecule has 0 radical (unpaired) electrons. The van der Waals surface area contributed by atoms with Crippen LogP contribution in [0.25, 0.3) is 0 Å². The first-order valence-electron chi connectivity index (χ1n) is 4.37. The van der Waals surface area contributed by atoms with Crippen LogP contribution < -0.4 is 10.1 Å². The van der Waals surface area contributed by atoms with Gasteiger partial charge in [0.1, 0.15) is 11.6 Å². The van der Waals surface area contributed by atoms with Gasteiger partial charge < -0.3 is 14.6 Å². The van der Waals surface area contributed by atoms with Gasteiger partial charge in [0.05, 0.1) is 19.9 Å². The van der Waals surface area contributed by atoms with Crippen molar-refractivity contribution in [1.29, 1.82) is 0 Å². The van der Waals surface area contributed by atoms with Crippen LogP contribution in [0.4, 0.5) is 5.82 Å². The van der Waals surface area contributed by atoms with E-state index in [0.29, 0.717) is 12.4 Å². The first kappa shape index (κ1) is 9.45. The molecule has 0 saturated carbocycles. The number of methoxy groups -OCH3 is 1. The number of aromatic nitrogens is 3. The molecule has 0 fully saturated rings. The fourth-order valence-corrected chi connectivity index (χ4v) is 1.05. The summed E-state index contributed by atoms with van der Waals surface area (Å²) in [6, 6.07) is 3.64. The Balaban J connectivity index is 1.93. The van der Waals surface area contributed by atoms with Crippen LogP contribution >= 0.6 is 0 Å². The lowest BCUT2D eigenvalue weighted by atomic mass is 10.4. The van der Waals surface area contributed by atoms with Crippen LogP contribution in [-0.4, -0.2) is 22.2 Å². The quantitative estimate of drug-likeness (QED) is 0.807.